The van der Waals surface area contributed by atoms with E-state index >= 15 is 0 Å². The van der Waals surface area contributed by atoms with Crippen molar-refractivity contribution in [2.24, 2.45) is 0 Å². The largest absolute Gasteiger partial charge is 0.496 e. The maximum absolute atomic E-state index is 12.9. The Bertz CT molecular complexity index is 1300. The lowest BCUT2D eigenvalue weighted by molar-refractivity contribution is -0.129. The average molecular weight is 590 g/mol. The van der Waals surface area contributed by atoms with Crippen LogP contribution in [0.1, 0.15) is 31.2 Å². The third-order valence-electron chi connectivity index (χ3n) is 7.73. The Hall–Kier alpha value is -2.72. The van der Waals surface area contributed by atoms with E-state index in [1.807, 2.05) is 41.3 Å². The SMILES string of the molecule is COc1ccccc1Sc1ccc(/C=C/C(=O)N2CCC(N3CCC4(CC3)NC(=O)NC4=O)CC2)c(Cl)c1Cl. The van der Waals surface area contributed by atoms with Gasteiger partial charge in [0.2, 0.25) is 5.91 Å². The highest BCUT2D eigenvalue weighted by atomic mass is 35.5. The van der Waals surface area contributed by atoms with Crippen LogP contribution in [-0.2, 0) is 9.59 Å². The van der Waals surface area contributed by atoms with Crippen molar-refractivity contribution in [3.05, 3.63) is 58.1 Å². The van der Waals surface area contributed by atoms with Crippen LogP contribution in [0.2, 0.25) is 10.0 Å². The molecule has 2 aromatic rings. The van der Waals surface area contributed by atoms with E-state index in [1.165, 1.54) is 11.8 Å². The predicted octanol–water partition coefficient (Wildman–Crippen LogP) is 4.83. The van der Waals surface area contributed by atoms with Gasteiger partial charge in [-0.2, -0.15) is 0 Å². The second kappa shape index (κ2) is 11.8. The fourth-order valence-electron chi connectivity index (χ4n) is 5.44. The minimum Gasteiger partial charge on any atom is -0.496 e. The van der Waals surface area contributed by atoms with Gasteiger partial charge in [-0.15, -0.1) is 0 Å². The molecule has 11 heteroatoms. The number of imide groups is 1. The number of hydrogen-bond acceptors (Lipinski definition) is 6. The Morgan fingerprint density at radius 1 is 1.03 bits per heavy atom. The Kier molecular flexibility index (Phi) is 8.42. The highest BCUT2D eigenvalue weighted by Crippen LogP contribution is 2.42. The van der Waals surface area contributed by atoms with Gasteiger partial charge in [-0.1, -0.05) is 53.2 Å². The molecule has 0 saturated carbocycles. The molecule has 0 unspecified atom stereocenters. The molecule has 3 aliphatic rings. The molecule has 3 aliphatic heterocycles. The first-order valence-electron chi connectivity index (χ1n) is 12.9. The van der Waals surface area contributed by atoms with E-state index in [4.69, 9.17) is 27.9 Å². The molecule has 206 valence electrons. The molecule has 2 N–H and O–H groups in total. The van der Waals surface area contributed by atoms with E-state index in [-0.39, 0.29) is 11.8 Å². The fraction of sp³-hybridized carbons (Fsp3) is 0.393. The number of benzene rings is 2. The second-order valence-corrected chi connectivity index (χ2v) is 11.8. The monoisotopic (exact) mass is 588 g/mol. The lowest BCUT2D eigenvalue weighted by Gasteiger charge is -2.43. The summed E-state index contributed by atoms with van der Waals surface area (Å²) in [6.07, 6.45) is 6.21. The average Bonchev–Trinajstić information content (AvgIpc) is 3.23. The highest BCUT2D eigenvalue weighted by Gasteiger charge is 2.48. The molecule has 3 saturated heterocycles. The van der Waals surface area contributed by atoms with E-state index in [2.05, 4.69) is 15.5 Å². The van der Waals surface area contributed by atoms with E-state index in [0.29, 0.717) is 47.6 Å². The molecular formula is C28H30Cl2N4O4S. The summed E-state index contributed by atoms with van der Waals surface area (Å²) in [6.45, 7) is 2.82. The Morgan fingerprint density at radius 2 is 1.74 bits per heavy atom. The number of halogens is 2. The Labute approximate surface area is 242 Å². The number of amides is 4. The predicted molar refractivity (Wildman–Crippen MR) is 152 cm³/mol. The zero-order valence-corrected chi connectivity index (χ0v) is 23.9. The summed E-state index contributed by atoms with van der Waals surface area (Å²) in [5.41, 5.74) is -0.0793. The third kappa shape index (κ3) is 5.91. The van der Waals surface area contributed by atoms with Gasteiger partial charge in [0, 0.05) is 43.2 Å². The number of ether oxygens (including phenoxy) is 1. The summed E-state index contributed by atoms with van der Waals surface area (Å²) in [7, 11) is 1.63. The maximum Gasteiger partial charge on any atom is 0.322 e. The molecule has 2 aromatic carbocycles. The molecule has 8 nitrogen and oxygen atoms in total. The molecule has 1 spiro atoms. The number of nitrogens with one attached hydrogen (secondary N) is 2. The molecule has 0 atom stereocenters. The number of rotatable bonds is 6. The van der Waals surface area contributed by atoms with E-state index in [9.17, 15) is 14.4 Å². The summed E-state index contributed by atoms with van der Waals surface area (Å²) < 4.78 is 5.42. The van der Waals surface area contributed by atoms with Crippen molar-refractivity contribution < 1.29 is 19.1 Å². The first kappa shape index (κ1) is 27.8. The molecule has 4 amide bonds. The summed E-state index contributed by atoms with van der Waals surface area (Å²) in [5.74, 6) is 0.480. The van der Waals surface area contributed by atoms with Crippen LogP contribution < -0.4 is 15.4 Å². The molecule has 3 heterocycles. The molecule has 39 heavy (non-hydrogen) atoms. The molecule has 5 rings (SSSR count). The van der Waals surface area contributed by atoms with Crippen molar-refractivity contribution in [1.29, 1.82) is 0 Å². The number of methoxy groups -OCH3 is 1. The van der Waals surface area contributed by atoms with Gasteiger partial charge in [0.1, 0.15) is 11.3 Å². The van der Waals surface area contributed by atoms with Crippen LogP contribution in [0.15, 0.2) is 52.3 Å². The number of nitrogens with zero attached hydrogens (tertiary/aromatic N) is 2. The van der Waals surface area contributed by atoms with Crippen molar-refractivity contribution in [3.63, 3.8) is 0 Å². The Balaban J connectivity index is 1.14. The number of likely N-dealkylation sites (tertiary alicyclic amines) is 2. The lowest BCUT2D eigenvalue weighted by atomic mass is 9.86. The summed E-state index contributed by atoms with van der Waals surface area (Å²) in [6, 6.07) is 11.4. The quantitative estimate of drug-likeness (QED) is 0.371. The molecule has 3 fully saturated rings. The number of carbonyl (C=O) groups excluding carboxylic acids is 3. The fourth-order valence-corrected chi connectivity index (χ4v) is 6.98. The molecular weight excluding hydrogens is 559 g/mol. The minimum absolute atomic E-state index is 0.0592. The van der Waals surface area contributed by atoms with Gasteiger partial charge < -0.3 is 19.9 Å². The lowest BCUT2D eigenvalue weighted by Crippen LogP contribution is -2.57. The molecule has 0 radical (unpaired) electrons. The third-order valence-corrected chi connectivity index (χ3v) is 9.86. The number of piperidine rings is 2. The smallest absolute Gasteiger partial charge is 0.322 e. The topological polar surface area (TPSA) is 91.0 Å². The first-order chi connectivity index (χ1) is 18.8. The van der Waals surface area contributed by atoms with Gasteiger partial charge in [0.25, 0.3) is 5.91 Å². The zero-order chi connectivity index (χ0) is 27.6. The first-order valence-corrected chi connectivity index (χ1v) is 14.5. The van der Waals surface area contributed by atoms with E-state index in [1.54, 1.807) is 19.3 Å². The van der Waals surface area contributed by atoms with Gasteiger partial charge in [0.15, 0.2) is 0 Å². The van der Waals surface area contributed by atoms with Crippen molar-refractivity contribution >= 4 is 58.9 Å². The van der Waals surface area contributed by atoms with Gasteiger partial charge >= 0.3 is 6.03 Å². The normalized spacial score (nSPS) is 19.9. The maximum atomic E-state index is 12.9. The number of carbonyl (C=O) groups is 3. The number of urea groups is 1. The van der Waals surface area contributed by atoms with Crippen LogP contribution in [0.3, 0.4) is 0 Å². The van der Waals surface area contributed by atoms with Crippen LogP contribution in [0, 0.1) is 0 Å². The van der Waals surface area contributed by atoms with Crippen LogP contribution in [0.5, 0.6) is 5.75 Å². The van der Waals surface area contributed by atoms with Crippen LogP contribution in [-0.4, -0.2) is 72.5 Å². The second-order valence-electron chi connectivity index (χ2n) is 9.95. The summed E-state index contributed by atoms with van der Waals surface area (Å²) in [4.78, 5) is 42.6. The molecule has 0 bridgehead atoms. The van der Waals surface area contributed by atoms with Crippen LogP contribution in [0.25, 0.3) is 6.08 Å². The molecule has 0 aliphatic carbocycles. The van der Waals surface area contributed by atoms with Gasteiger partial charge in [0.05, 0.1) is 22.1 Å². The van der Waals surface area contributed by atoms with Crippen molar-refractivity contribution in [1.82, 2.24) is 20.4 Å². The minimum atomic E-state index is -0.759. The zero-order valence-electron chi connectivity index (χ0n) is 21.5. The van der Waals surface area contributed by atoms with Crippen molar-refractivity contribution in [2.75, 3.05) is 33.3 Å². The number of para-hydroxylation sites is 1. The summed E-state index contributed by atoms with van der Waals surface area (Å²) >= 11 is 14.6. The van der Waals surface area contributed by atoms with Gasteiger partial charge in [-0.3, -0.25) is 14.9 Å². The summed E-state index contributed by atoms with van der Waals surface area (Å²) in [5, 5.41) is 5.99. The highest BCUT2D eigenvalue weighted by molar-refractivity contribution is 7.99. The molecule has 0 aromatic heterocycles. The van der Waals surface area contributed by atoms with Gasteiger partial charge in [-0.05, 0) is 55.5 Å². The van der Waals surface area contributed by atoms with Crippen LogP contribution in [0.4, 0.5) is 4.79 Å². The van der Waals surface area contributed by atoms with Crippen molar-refractivity contribution in [2.45, 2.75) is 47.1 Å². The van der Waals surface area contributed by atoms with Crippen LogP contribution >= 0.6 is 35.0 Å². The van der Waals surface area contributed by atoms with Crippen molar-refractivity contribution in [3.8, 4) is 5.75 Å². The van der Waals surface area contributed by atoms with Gasteiger partial charge in [-0.25, -0.2) is 4.79 Å². The standard InChI is InChI=1S/C28H30Cl2N4O4S/c1-38-20-4-2-3-5-21(20)39-22-8-6-18(24(29)25(22)30)7-9-23(35)34-14-10-19(11-15-34)33-16-12-28(13-17-33)26(36)31-27(37)32-28/h2-9,19H,10-17H2,1H3,(H2,31,32,36,37)/b9-7+. The Morgan fingerprint density at radius 3 is 2.41 bits per heavy atom. The van der Waals surface area contributed by atoms with E-state index in [0.717, 1.165) is 41.5 Å². The number of hydrogen-bond donors (Lipinski definition) is 2. The van der Waals surface area contributed by atoms with E-state index < -0.39 is 11.6 Å².